The highest BCUT2D eigenvalue weighted by Gasteiger charge is 2.38. The van der Waals surface area contributed by atoms with E-state index >= 15 is 0 Å². The van der Waals surface area contributed by atoms with Crippen molar-refractivity contribution < 1.29 is 4.79 Å². The highest BCUT2D eigenvalue weighted by Crippen LogP contribution is 2.42. The van der Waals surface area contributed by atoms with Crippen LogP contribution in [0.15, 0.2) is 0 Å². The van der Waals surface area contributed by atoms with E-state index in [0.717, 1.165) is 32.4 Å². The van der Waals surface area contributed by atoms with E-state index in [9.17, 15) is 4.79 Å². The number of hydrogen-bond donors (Lipinski definition) is 1. The van der Waals surface area contributed by atoms with Crippen LogP contribution in [0.2, 0.25) is 0 Å². The predicted molar refractivity (Wildman–Crippen MR) is 96.6 cm³/mol. The van der Waals surface area contributed by atoms with Crippen LogP contribution in [0.4, 0.5) is 0 Å². The molecule has 3 nitrogen and oxygen atoms in total. The van der Waals surface area contributed by atoms with Crippen LogP contribution < -0.4 is 5.32 Å². The van der Waals surface area contributed by atoms with E-state index in [2.05, 4.69) is 78.9 Å². The Morgan fingerprint density at radius 2 is 1.85 bits per heavy atom. The monoisotopic (exact) mass is 428 g/mol. The van der Waals surface area contributed by atoms with Gasteiger partial charge in [-0.2, -0.15) is 0 Å². The van der Waals surface area contributed by atoms with Gasteiger partial charge in [-0.25, -0.2) is 0 Å². The third kappa shape index (κ3) is 5.55. The maximum Gasteiger partial charge on any atom is 0.234 e. The fourth-order valence-electron chi connectivity index (χ4n) is 2.12. The first-order valence-corrected chi connectivity index (χ1v) is 9.38. The Hall–Kier alpha value is 0.820. The van der Waals surface area contributed by atoms with Gasteiger partial charge in [0.05, 0.1) is 4.83 Å². The van der Waals surface area contributed by atoms with Crippen molar-refractivity contribution in [2.24, 2.45) is 5.41 Å². The summed E-state index contributed by atoms with van der Waals surface area (Å²) >= 11 is 7.29. The second kappa shape index (κ2) is 7.39. The van der Waals surface area contributed by atoms with E-state index < -0.39 is 0 Å². The number of rotatable bonds is 5. The highest BCUT2D eigenvalue weighted by molar-refractivity contribution is 9.10. The lowest BCUT2D eigenvalue weighted by Crippen LogP contribution is -2.46. The van der Waals surface area contributed by atoms with Crippen LogP contribution in [0.5, 0.6) is 0 Å². The minimum absolute atomic E-state index is 0.00290. The van der Waals surface area contributed by atoms with Crippen LogP contribution in [0.1, 0.15) is 47.0 Å². The zero-order valence-electron chi connectivity index (χ0n) is 12.9. The van der Waals surface area contributed by atoms with Crippen molar-refractivity contribution in [3.63, 3.8) is 0 Å². The number of nitrogens with one attached hydrogen (secondary N) is 1. The van der Waals surface area contributed by atoms with Crippen LogP contribution in [0, 0.1) is 5.41 Å². The largest absolute Gasteiger partial charge is 0.352 e. The predicted octanol–water partition coefficient (Wildman–Crippen LogP) is 3.71. The summed E-state index contributed by atoms with van der Waals surface area (Å²) in [5, 5.41) is 3.18. The van der Waals surface area contributed by atoms with Crippen molar-refractivity contribution in [3.05, 3.63) is 0 Å². The average Bonchev–Trinajstić information content (AvgIpc) is 2.30. The molecular formula is C14H27Br2N2OP. The molecule has 20 heavy (non-hydrogen) atoms. The minimum Gasteiger partial charge on any atom is -0.352 e. The van der Waals surface area contributed by atoms with Crippen LogP contribution in [0.3, 0.4) is 0 Å². The summed E-state index contributed by atoms with van der Waals surface area (Å²) in [5.74, 6) is 0.122. The third-order valence-corrected chi connectivity index (χ3v) is 6.79. The maximum atomic E-state index is 12.3. The summed E-state index contributed by atoms with van der Waals surface area (Å²) in [5.41, 5.74) is 0.0297. The first-order valence-electron chi connectivity index (χ1n) is 7.16. The normalized spacial score (nSPS) is 20.8. The summed E-state index contributed by atoms with van der Waals surface area (Å²) in [6.45, 7) is 10.7. The Morgan fingerprint density at radius 3 is 2.30 bits per heavy atom. The van der Waals surface area contributed by atoms with Gasteiger partial charge in [0.25, 0.3) is 0 Å². The van der Waals surface area contributed by atoms with Crippen molar-refractivity contribution in [1.82, 2.24) is 9.99 Å². The van der Waals surface area contributed by atoms with Crippen molar-refractivity contribution in [1.29, 1.82) is 0 Å². The molecule has 0 aromatic rings. The van der Waals surface area contributed by atoms with Gasteiger partial charge in [-0.05, 0) is 38.5 Å². The number of carbonyl (C=O) groups is 1. The van der Waals surface area contributed by atoms with E-state index in [4.69, 9.17) is 0 Å². The van der Waals surface area contributed by atoms with Gasteiger partial charge in [-0.15, -0.1) is 0 Å². The Bertz CT molecular complexity index is 337. The molecule has 1 aliphatic rings. The first-order chi connectivity index (χ1) is 9.03. The van der Waals surface area contributed by atoms with Crippen molar-refractivity contribution in [2.45, 2.75) is 62.2 Å². The number of nitrogens with zero attached hydrogens (tertiary/aromatic N) is 1. The fraction of sp³-hybridized carbons (Fsp3) is 0.929. The second-order valence-corrected chi connectivity index (χ2v) is 10.7. The van der Waals surface area contributed by atoms with Gasteiger partial charge in [0.2, 0.25) is 5.91 Å². The second-order valence-electron chi connectivity index (χ2n) is 6.85. The molecule has 1 aliphatic heterocycles. The number of hydrogen-bond acceptors (Lipinski definition) is 2. The molecule has 118 valence electrons. The minimum atomic E-state index is -0.136. The molecular weight excluding hydrogens is 403 g/mol. The molecule has 1 rings (SSSR count). The number of piperidine rings is 1. The van der Waals surface area contributed by atoms with E-state index in [0.29, 0.717) is 6.04 Å². The van der Waals surface area contributed by atoms with Gasteiger partial charge in [0.1, 0.15) is 0 Å². The zero-order chi connectivity index (χ0) is 15.6. The summed E-state index contributed by atoms with van der Waals surface area (Å²) in [7, 11) is 2.73. The lowest BCUT2D eigenvalue weighted by Gasteiger charge is -2.38. The Kier molecular flexibility index (Phi) is 6.97. The molecule has 0 bridgehead atoms. The summed E-state index contributed by atoms with van der Waals surface area (Å²) in [6, 6.07) is 0.319. The lowest BCUT2D eigenvalue weighted by molar-refractivity contribution is -0.121. The van der Waals surface area contributed by atoms with Crippen LogP contribution in [-0.4, -0.2) is 38.9 Å². The molecule has 0 saturated carbocycles. The van der Waals surface area contributed by atoms with Gasteiger partial charge in [0, 0.05) is 23.5 Å². The van der Waals surface area contributed by atoms with Gasteiger partial charge < -0.3 is 5.32 Å². The number of halogens is 2. The van der Waals surface area contributed by atoms with E-state index in [1.54, 1.807) is 0 Å². The number of amides is 1. The Morgan fingerprint density at radius 1 is 1.35 bits per heavy atom. The molecule has 0 aromatic heterocycles. The average molecular weight is 430 g/mol. The molecule has 1 saturated heterocycles. The molecule has 0 aliphatic carbocycles. The molecule has 6 heteroatoms. The van der Waals surface area contributed by atoms with Crippen molar-refractivity contribution >= 4 is 47.2 Å². The van der Waals surface area contributed by atoms with Gasteiger partial charge >= 0.3 is 0 Å². The lowest BCUT2D eigenvalue weighted by atomic mass is 9.77. The SMILES string of the molecule is CC(C)(Br)C(C)(C)CC(Br)C(=O)NC1CCN(P)CC1. The molecule has 2 unspecified atom stereocenters. The molecule has 1 N–H and O–H groups in total. The molecule has 1 heterocycles. The molecule has 1 amide bonds. The standard InChI is InChI=1S/C14H27Br2N2OP/c1-13(2,14(3,4)16)9-11(15)12(19)17-10-5-7-18(20)8-6-10/h10-11H,5-9,20H2,1-4H3,(H,17,19). The molecule has 0 spiro atoms. The van der Waals surface area contributed by atoms with Crippen LogP contribution in [0.25, 0.3) is 0 Å². The van der Waals surface area contributed by atoms with Gasteiger partial charge in [-0.1, -0.05) is 55.1 Å². The van der Waals surface area contributed by atoms with E-state index in [1.165, 1.54) is 0 Å². The Labute approximate surface area is 142 Å². The highest BCUT2D eigenvalue weighted by atomic mass is 79.9. The van der Waals surface area contributed by atoms with E-state index in [-0.39, 0.29) is 20.5 Å². The first kappa shape index (κ1) is 18.9. The maximum absolute atomic E-state index is 12.3. The fourth-order valence-corrected chi connectivity index (χ4v) is 3.52. The van der Waals surface area contributed by atoms with Gasteiger partial charge in [-0.3, -0.25) is 9.46 Å². The topological polar surface area (TPSA) is 32.3 Å². The van der Waals surface area contributed by atoms with E-state index in [1.807, 2.05) is 0 Å². The molecule has 0 aromatic carbocycles. The van der Waals surface area contributed by atoms with Crippen molar-refractivity contribution in [2.75, 3.05) is 13.1 Å². The summed E-state index contributed by atoms with van der Waals surface area (Å²) < 4.78 is 2.22. The van der Waals surface area contributed by atoms with Crippen LogP contribution in [-0.2, 0) is 4.79 Å². The smallest absolute Gasteiger partial charge is 0.234 e. The summed E-state index contributed by atoms with van der Waals surface area (Å²) in [6.07, 6.45) is 2.87. The molecule has 0 radical (unpaired) electrons. The third-order valence-electron chi connectivity index (χ3n) is 4.46. The number of carbonyl (C=O) groups excluding carboxylic acids is 1. The van der Waals surface area contributed by atoms with Crippen molar-refractivity contribution in [3.8, 4) is 0 Å². The summed E-state index contributed by atoms with van der Waals surface area (Å²) in [4.78, 5) is 12.2. The number of alkyl halides is 2. The molecule has 1 fully saturated rings. The Balaban J connectivity index is 2.47. The van der Waals surface area contributed by atoms with Crippen LogP contribution >= 0.6 is 41.3 Å². The van der Waals surface area contributed by atoms with Gasteiger partial charge in [0.15, 0.2) is 0 Å². The molecule has 2 atom stereocenters. The zero-order valence-corrected chi connectivity index (χ0v) is 17.2. The quantitative estimate of drug-likeness (QED) is 0.533.